The van der Waals surface area contributed by atoms with Crippen LogP contribution >= 0.6 is 0 Å². The van der Waals surface area contributed by atoms with Crippen molar-refractivity contribution >= 4 is 41.5 Å². The van der Waals surface area contributed by atoms with Gasteiger partial charge in [0.25, 0.3) is 0 Å². The second kappa shape index (κ2) is 41.9. The lowest BCUT2D eigenvalue weighted by Crippen LogP contribution is -2.69. The molecule has 2 heterocycles. The van der Waals surface area contributed by atoms with Gasteiger partial charge in [-0.25, -0.2) is 0 Å². The van der Waals surface area contributed by atoms with Gasteiger partial charge in [-0.15, -0.1) is 0 Å². The van der Waals surface area contributed by atoms with Crippen molar-refractivity contribution in [2.75, 3.05) is 19.8 Å². The second-order valence-corrected chi connectivity index (χ2v) is 21.7. The summed E-state index contributed by atoms with van der Waals surface area (Å²) in [6.45, 7) is 6.06. The third-order valence-corrected chi connectivity index (χ3v) is 14.9. The molecule has 79 heavy (non-hydrogen) atoms. The highest BCUT2D eigenvalue weighted by atomic mass is 16.7. The monoisotopic (exact) mass is 1130 g/mol. The molecular formula is C57H103N5O17. The molecule has 0 spiro atoms. The zero-order chi connectivity index (χ0) is 58.5. The molecule has 0 aromatic rings. The standard InChI is InChI=1S/C57H103N5O17/c1-6-9-11-13-15-17-19-21-23-25-27-29-31-40(32-30-28-26-24-22-20-18-16-14-12-10-7-2)55(73)76-36-44-49(69)50(70)47(59-38(4)64)57(78-44)79-51-43(35-63)77-56(74)48(60-39(5)65)52(51)75-37-45(66)61-41(8-3)54(72)62-42(53(58)71)33-34-46(67)68/h40-44,47-52,56-57,63,69-70,74H,6-37H2,1-5H3,(H2,58,71)(H,59,64)(H,60,65)(H,61,66)(H,62,72)(H,67,68)/t41-,42+,43+,44+,47+,48+,49+,50+,51+,52+,56?,57-/m0/s1. The number of hydrogen-bond donors (Lipinski definition) is 10. The number of ether oxygens (including phenoxy) is 5. The van der Waals surface area contributed by atoms with Crippen LogP contribution in [0.1, 0.15) is 221 Å². The van der Waals surface area contributed by atoms with Crippen molar-refractivity contribution in [3.8, 4) is 0 Å². The Kier molecular flexibility index (Phi) is 37.7. The number of esters is 1. The average molecular weight is 1130 g/mol. The zero-order valence-corrected chi connectivity index (χ0v) is 48.3. The quantitative estimate of drug-likeness (QED) is 0.0283. The summed E-state index contributed by atoms with van der Waals surface area (Å²) in [4.78, 5) is 88.6. The van der Waals surface area contributed by atoms with Crippen LogP contribution in [0, 0.1) is 5.92 Å². The van der Waals surface area contributed by atoms with E-state index in [2.05, 4.69) is 35.1 Å². The van der Waals surface area contributed by atoms with E-state index in [0.29, 0.717) is 12.8 Å². The van der Waals surface area contributed by atoms with Crippen LogP contribution in [-0.4, -0.2) is 160 Å². The molecule has 0 aliphatic carbocycles. The summed E-state index contributed by atoms with van der Waals surface area (Å²) in [7, 11) is 0. The van der Waals surface area contributed by atoms with E-state index >= 15 is 0 Å². The number of nitrogens with one attached hydrogen (secondary N) is 4. The van der Waals surface area contributed by atoms with Crippen molar-refractivity contribution < 1.29 is 82.8 Å². The van der Waals surface area contributed by atoms with Gasteiger partial charge in [0.05, 0.1) is 12.5 Å². The lowest BCUT2D eigenvalue weighted by molar-refractivity contribution is -0.331. The number of unbranched alkanes of at least 4 members (excludes halogenated alkanes) is 22. The number of nitrogens with two attached hydrogens (primary N) is 1. The maximum Gasteiger partial charge on any atom is 0.309 e. The van der Waals surface area contributed by atoms with Crippen LogP contribution in [0.25, 0.3) is 0 Å². The van der Waals surface area contributed by atoms with Crippen molar-refractivity contribution in [1.29, 1.82) is 0 Å². The molecule has 458 valence electrons. The van der Waals surface area contributed by atoms with Gasteiger partial charge in [0.2, 0.25) is 29.5 Å². The number of aliphatic hydroxyl groups excluding tert-OH is 4. The maximum atomic E-state index is 14.0. The Morgan fingerprint density at radius 1 is 0.582 bits per heavy atom. The highest BCUT2D eigenvalue weighted by molar-refractivity contribution is 5.92. The molecule has 12 atom stereocenters. The van der Waals surface area contributed by atoms with Crippen LogP contribution in [0.5, 0.6) is 0 Å². The fraction of sp³-hybridized carbons (Fsp3) is 0.877. The predicted molar refractivity (Wildman–Crippen MR) is 295 cm³/mol. The topological polar surface area (TPSA) is 341 Å². The number of carboxylic acids is 1. The van der Waals surface area contributed by atoms with Crippen LogP contribution in [0.3, 0.4) is 0 Å². The zero-order valence-electron chi connectivity index (χ0n) is 48.3. The van der Waals surface area contributed by atoms with Crippen LogP contribution in [0.15, 0.2) is 0 Å². The summed E-state index contributed by atoms with van der Waals surface area (Å²) in [6.07, 6.45) is 15.8. The average Bonchev–Trinajstić information content (AvgIpc) is 3.45. The Labute approximate surface area is 469 Å². The van der Waals surface area contributed by atoms with E-state index in [4.69, 9.17) is 34.5 Å². The SMILES string of the molecule is CCCCCCCCCCCCCCC(CCCCCCCCCCCCCC)C(=O)OC[C@H]1O[C@@H](O[C@H]2[C@H](OCC(=O)N[C@@H](CC)C(=O)N[C@H](CCC(=O)O)C(N)=O)[C@@H](NC(C)=O)C(O)O[C@@H]2CO)[C@H](NC(C)=O)[C@@H](O)[C@@H]1O. The Hall–Kier alpha value is -4.03. The van der Waals surface area contributed by atoms with E-state index in [1.807, 2.05) is 0 Å². The van der Waals surface area contributed by atoms with E-state index in [-0.39, 0.29) is 12.8 Å². The molecule has 0 radical (unpaired) electrons. The third kappa shape index (κ3) is 29.0. The third-order valence-electron chi connectivity index (χ3n) is 14.9. The van der Waals surface area contributed by atoms with Crippen molar-refractivity contribution in [3.63, 3.8) is 0 Å². The van der Waals surface area contributed by atoms with Crippen molar-refractivity contribution in [3.05, 3.63) is 0 Å². The van der Waals surface area contributed by atoms with E-state index in [0.717, 1.165) is 65.2 Å². The number of aliphatic carboxylic acids is 1. The molecule has 1 unspecified atom stereocenters. The fourth-order valence-electron chi connectivity index (χ4n) is 10.3. The van der Waals surface area contributed by atoms with Crippen molar-refractivity contribution in [2.45, 2.75) is 294 Å². The number of hydrogen-bond acceptors (Lipinski definition) is 16. The minimum absolute atomic E-state index is 0.00143. The molecule has 2 aliphatic heterocycles. The summed E-state index contributed by atoms with van der Waals surface area (Å²) >= 11 is 0. The molecule has 2 fully saturated rings. The molecule has 0 bridgehead atoms. The number of carboxylic acid groups (broad SMARTS) is 1. The molecule has 22 heteroatoms. The Bertz CT molecular complexity index is 1720. The van der Waals surface area contributed by atoms with Gasteiger partial charge in [-0.05, 0) is 25.7 Å². The summed E-state index contributed by atoms with van der Waals surface area (Å²) < 4.78 is 30.1. The van der Waals surface area contributed by atoms with Gasteiger partial charge >= 0.3 is 11.9 Å². The lowest BCUT2D eigenvalue weighted by Gasteiger charge is -2.48. The normalized spacial score (nSPS) is 23.8. The van der Waals surface area contributed by atoms with Crippen LogP contribution in [-0.2, 0) is 57.2 Å². The summed E-state index contributed by atoms with van der Waals surface area (Å²) in [5.41, 5.74) is 5.37. The second-order valence-electron chi connectivity index (χ2n) is 21.7. The highest BCUT2D eigenvalue weighted by Gasteiger charge is 2.53. The lowest BCUT2D eigenvalue weighted by atomic mass is 9.93. The van der Waals surface area contributed by atoms with Crippen LogP contribution in [0.2, 0.25) is 0 Å². The number of amides is 5. The van der Waals surface area contributed by atoms with Gasteiger partial charge < -0.3 is 76.2 Å². The smallest absolute Gasteiger partial charge is 0.309 e. The van der Waals surface area contributed by atoms with Gasteiger partial charge in [0.15, 0.2) is 12.6 Å². The van der Waals surface area contributed by atoms with E-state index in [1.54, 1.807) is 6.92 Å². The summed E-state index contributed by atoms with van der Waals surface area (Å²) in [5.74, 6) is -6.19. The molecule has 0 aromatic carbocycles. The Morgan fingerprint density at radius 2 is 1.06 bits per heavy atom. The molecule has 2 rings (SSSR count). The van der Waals surface area contributed by atoms with E-state index in [1.165, 1.54) is 103 Å². The molecule has 0 aromatic heterocycles. The molecule has 22 nitrogen and oxygen atoms in total. The number of rotatable bonds is 45. The molecule has 5 amide bonds. The highest BCUT2D eigenvalue weighted by Crippen LogP contribution is 2.31. The molecule has 11 N–H and O–H groups in total. The molecule has 0 saturated carbocycles. The van der Waals surface area contributed by atoms with Gasteiger partial charge in [0, 0.05) is 20.3 Å². The minimum Gasteiger partial charge on any atom is -0.481 e. The van der Waals surface area contributed by atoms with E-state index in [9.17, 15) is 54.0 Å². The summed E-state index contributed by atoms with van der Waals surface area (Å²) in [6, 6.07) is -5.60. The minimum atomic E-state index is -1.85. The van der Waals surface area contributed by atoms with Gasteiger partial charge in [-0.1, -0.05) is 175 Å². The van der Waals surface area contributed by atoms with Crippen molar-refractivity contribution in [1.82, 2.24) is 21.3 Å². The largest absolute Gasteiger partial charge is 0.481 e. The fourth-order valence-corrected chi connectivity index (χ4v) is 10.3. The Morgan fingerprint density at radius 3 is 1.51 bits per heavy atom. The van der Waals surface area contributed by atoms with Crippen LogP contribution < -0.4 is 27.0 Å². The number of carbonyl (C=O) groups is 7. The predicted octanol–water partition coefficient (Wildman–Crippen LogP) is 4.99. The number of aliphatic hydroxyl groups is 4. The molecule has 2 saturated heterocycles. The summed E-state index contributed by atoms with van der Waals surface area (Å²) in [5, 5.41) is 63.4. The first-order chi connectivity index (χ1) is 37.9. The Balaban J connectivity index is 2.25. The van der Waals surface area contributed by atoms with Gasteiger partial charge in [-0.3, -0.25) is 33.6 Å². The first-order valence-corrected chi connectivity index (χ1v) is 29.9. The first-order valence-electron chi connectivity index (χ1n) is 29.9. The molecular weight excluding hydrogens is 1030 g/mol. The first kappa shape index (κ1) is 71.1. The van der Waals surface area contributed by atoms with Crippen LogP contribution in [0.4, 0.5) is 0 Å². The number of primary amides is 1. The number of carbonyl (C=O) groups excluding carboxylic acids is 6. The van der Waals surface area contributed by atoms with Gasteiger partial charge in [-0.2, -0.15) is 0 Å². The van der Waals surface area contributed by atoms with E-state index < -0.39 is 147 Å². The van der Waals surface area contributed by atoms with Gasteiger partial charge in [0.1, 0.15) is 74.0 Å². The molecule has 2 aliphatic rings. The maximum absolute atomic E-state index is 14.0. The van der Waals surface area contributed by atoms with Crippen molar-refractivity contribution in [2.24, 2.45) is 11.7 Å².